The van der Waals surface area contributed by atoms with Gasteiger partial charge in [-0.25, -0.2) is 21.9 Å². The van der Waals surface area contributed by atoms with Gasteiger partial charge in [0.15, 0.2) is 5.78 Å². The second-order valence-electron chi connectivity index (χ2n) is 6.67. The summed E-state index contributed by atoms with van der Waals surface area (Å²) in [5.74, 6) is -3.45. The Morgan fingerprint density at radius 3 is 2.04 bits per heavy atom. The van der Waals surface area contributed by atoms with Crippen molar-refractivity contribution in [3.05, 3.63) is 63.7 Å². The molecule has 0 bridgehead atoms. The molecule has 0 aliphatic carbocycles. The van der Waals surface area contributed by atoms with Gasteiger partial charge in [0.05, 0.1) is 10.5 Å². The highest BCUT2D eigenvalue weighted by atomic mass is 32.2. The second kappa shape index (κ2) is 8.18. The van der Waals surface area contributed by atoms with Crippen molar-refractivity contribution in [2.45, 2.75) is 45.4 Å². The van der Waals surface area contributed by atoms with E-state index < -0.39 is 46.2 Å². The number of Topliss-reactive ketones (excluding diaryl/α,β-unsaturated/α-hetero) is 1. The molecule has 0 radical (unpaired) electrons. The van der Waals surface area contributed by atoms with Crippen LogP contribution in [-0.4, -0.2) is 20.1 Å². The molecule has 0 fully saturated rings. The zero-order valence-electron chi connectivity index (χ0n) is 16.0. The van der Waals surface area contributed by atoms with Gasteiger partial charge in [-0.15, -0.1) is 0 Å². The highest BCUT2D eigenvalue weighted by Gasteiger charge is 2.24. The van der Waals surface area contributed by atoms with Crippen molar-refractivity contribution < 1.29 is 26.8 Å². The van der Waals surface area contributed by atoms with Gasteiger partial charge in [0.2, 0.25) is 5.91 Å². The fourth-order valence-electron chi connectivity index (χ4n) is 2.91. The van der Waals surface area contributed by atoms with Crippen LogP contribution < -0.4 is 4.72 Å². The summed E-state index contributed by atoms with van der Waals surface area (Å²) in [7, 11) is -4.13. The maximum atomic E-state index is 13.6. The topological polar surface area (TPSA) is 80.3 Å². The van der Waals surface area contributed by atoms with E-state index in [1.54, 1.807) is 27.7 Å². The third-order valence-electron chi connectivity index (χ3n) is 4.62. The molecule has 28 heavy (non-hydrogen) atoms. The molecular formula is C20H21F2NO4S. The van der Waals surface area contributed by atoms with Crippen molar-refractivity contribution in [1.29, 1.82) is 0 Å². The van der Waals surface area contributed by atoms with Crippen LogP contribution >= 0.6 is 0 Å². The van der Waals surface area contributed by atoms with Gasteiger partial charge in [-0.1, -0.05) is 6.07 Å². The van der Waals surface area contributed by atoms with E-state index in [2.05, 4.69) is 0 Å². The molecule has 0 saturated carbocycles. The predicted octanol–water partition coefficient (Wildman–Crippen LogP) is 3.67. The molecule has 1 amide bonds. The minimum Gasteiger partial charge on any atom is -0.294 e. The smallest absolute Gasteiger partial charge is 0.264 e. The number of carbonyl (C=O) groups excluding carboxylic acids is 2. The van der Waals surface area contributed by atoms with Gasteiger partial charge in [-0.05, 0) is 62.1 Å². The predicted molar refractivity (Wildman–Crippen MR) is 101 cm³/mol. The van der Waals surface area contributed by atoms with E-state index in [-0.39, 0.29) is 10.5 Å². The Hall–Kier alpha value is -2.61. The van der Waals surface area contributed by atoms with E-state index in [9.17, 15) is 26.8 Å². The van der Waals surface area contributed by atoms with Crippen molar-refractivity contribution in [3.8, 4) is 0 Å². The van der Waals surface area contributed by atoms with Crippen molar-refractivity contribution in [3.63, 3.8) is 0 Å². The first kappa shape index (κ1) is 21.7. The number of amides is 1. The number of ketones is 1. The Kier molecular flexibility index (Phi) is 6.34. The number of hydrogen-bond donors (Lipinski definition) is 1. The van der Waals surface area contributed by atoms with E-state index in [0.717, 1.165) is 23.3 Å². The van der Waals surface area contributed by atoms with Gasteiger partial charge in [0.25, 0.3) is 10.0 Å². The normalized spacial score (nSPS) is 11.4. The lowest BCUT2D eigenvalue weighted by molar-refractivity contribution is -0.119. The molecule has 2 aromatic rings. The van der Waals surface area contributed by atoms with E-state index >= 15 is 0 Å². The van der Waals surface area contributed by atoms with Crippen LogP contribution in [-0.2, 0) is 14.8 Å². The molecule has 0 atom stereocenters. The summed E-state index contributed by atoms with van der Waals surface area (Å²) in [6.45, 7) is 6.86. The van der Waals surface area contributed by atoms with E-state index in [0.29, 0.717) is 17.2 Å². The number of sulfonamides is 1. The van der Waals surface area contributed by atoms with Gasteiger partial charge < -0.3 is 0 Å². The lowest BCUT2D eigenvalue weighted by atomic mass is 10.0. The lowest BCUT2D eigenvalue weighted by Crippen LogP contribution is -2.32. The number of halogens is 2. The number of rotatable bonds is 6. The molecule has 2 aromatic carbocycles. The molecule has 0 unspecified atom stereocenters. The summed E-state index contributed by atoms with van der Waals surface area (Å²) in [5, 5.41) is 0. The summed E-state index contributed by atoms with van der Waals surface area (Å²) in [6.07, 6.45) is -0.855. The first-order chi connectivity index (χ1) is 12.9. The summed E-state index contributed by atoms with van der Waals surface area (Å²) in [5.41, 5.74) is 2.27. The molecule has 0 aliphatic heterocycles. The fourth-order valence-corrected chi connectivity index (χ4v) is 4.55. The highest BCUT2D eigenvalue weighted by Crippen LogP contribution is 2.26. The van der Waals surface area contributed by atoms with Crippen molar-refractivity contribution in [2.75, 3.05) is 0 Å². The monoisotopic (exact) mass is 409 g/mol. The number of aryl methyl sites for hydroxylation is 2. The summed E-state index contributed by atoms with van der Waals surface area (Å²) >= 11 is 0. The first-order valence-corrected chi connectivity index (χ1v) is 10.0. The molecule has 2 rings (SSSR count). The SMILES string of the molecule is Cc1cc(C)c(C)c(S(=O)(=O)NC(=O)CCC(=O)c2ccc(F)cc2F)c1C. The molecule has 1 N–H and O–H groups in total. The molecule has 0 heterocycles. The van der Waals surface area contributed by atoms with Crippen molar-refractivity contribution in [1.82, 2.24) is 4.72 Å². The maximum absolute atomic E-state index is 13.6. The van der Waals surface area contributed by atoms with Crippen LogP contribution in [0.5, 0.6) is 0 Å². The first-order valence-electron chi connectivity index (χ1n) is 8.55. The Morgan fingerprint density at radius 2 is 1.50 bits per heavy atom. The molecule has 0 saturated heterocycles. The standard InChI is InChI=1S/C20H21F2NO4S/c1-11-9-12(2)14(4)20(13(11)3)28(26,27)23-19(25)8-7-18(24)16-6-5-15(21)10-17(16)22/h5-6,9-10H,7-8H2,1-4H3,(H,23,25). The Balaban J connectivity index is 2.14. The summed E-state index contributed by atoms with van der Waals surface area (Å²) in [4.78, 5) is 24.2. The average Bonchev–Trinajstić information content (AvgIpc) is 2.57. The van der Waals surface area contributed by atoms with Crippen LogP contribution in [0.25, 0.3) is 0 Å². The van der Waals surface area contributed by atoms with Gasteiger partial charge >= 0.3 is 0 Å². The number of carbonyl (C=O) groups is 2. The van der Waals surface area contributed by atoms with Crippen LogP contribution in [0.4, 0.5) is 8.78 Å². The average molecular weight is 409 g/mol. The van der Waals surface area contributed by atoms with Gasteiger partial charge in [0, 0.05) is 18.9 Å². The Morgan fingerprint density at radius 1 is 0.929 bits per heavy atom. The van der Waals surface area contributed by atoms with Gasteiger partial charge in [-0.2, -0.15) is 0 Å². The molecule has 8 heteroatoms. The minimum absolute atomic E-state index is 0.0363. The largest absolute Gasteiger partial charge is 0.294 e. The molecule has 0 aromatic heterocycles. The van der Waals surface area contributed by atoms with Gasteiger partial charge in [0.1, 0.15) is 11.6 Å². The lowest BCUT2D eigenvalue weighted by Gasteiger charge is -2.16. The third kappa shape index (κ3) is 4.62. The fraction of sp³-hybridized carbons (Fsp3) is 0.300. The maximum Gasteiger partial charge on any atom is 0.264 e. The van der Waals surface area contributed by atoms with Gasteiger partial charge in [-0.3, -0.25) is 9.59 Å². The van der Waals surface area contributed by atoms with Crippen LogP contribution in [0.1, 0.15) is 45.5 Å². The van der Waals surface area contributed by atoms with Crippen molar-refractivity contribution in [2.24, 2.45) is 0 Å². The number of benzene rings is 2. The quantitative estimate of drug-likeness (QED) is 0.739. The molecule has 0 aliphatic rings. The van der Waals surface area contributed by atoms with E-state index in [1.165, 1.54) is 0 Å². The number of nitrogens with one attached hydrogen (secondary N) is 1. The van der Waals surface area contributed by atoms with Crippen LogP contribution in [0.2, 0.25) is 0 Å². The molecule has 5 nitrogen and oxygen atoms in total. The van der Waals surface area contributed by atoms with E-state index in [4.69, 9.17) is 0 Å². The van der Waals surface area contributed by atoms with Crippen LogP contribution in [0, 0.1) is 39.3 Å². The van der Waals surface area contributed by atoms with E-state index in [1.807, 2.05) is 10.8 Å². The zero-order chi connectivity index (χ0) is 21.2. The molecule has 150 valence electrons. The Labute approximate surface area is 162 Å². The summed E-state index contributed by atoms with van der Waals surface area (Å²) < 4.78 is 53.9. The zero-order valence-corrected chi connectivity index (χ0v) is 16.8. The van der Waals surface area contributed by atoms with Crippen LogP contribution in [0.3, 0.4) is 0 Å². The molecular weight excluding hydrogens is 388 g/mol. The Bertz CT molecular complexity index is 1040. The minimum atomic E-state index is -4.13. The highest BCUT2D eigenvalue weighted by molar-refractivity contribution is 7.90. The second-order valence-corrected chi connectivity index (χ2v) is 8.28. The van der Waals surface area contributed by atoms with Crippen LogP contribution in [0.15, 0.2) is 29.2 Å². The molecule has 0 spiro atoms. The van der Waals surface area contributed by atoms with Crippen molar-refractivity contribution >= 4 is 21.7 Å². The third-order valence-corrected chi connectivity index (χ3v) is 6.27. The summed E-state index contributed by atoms with van der Waals surface area (Å²) in [6, 6.07) is 4.36. The number of hydrogen-bond acceptors (Lipinski definition) is 4.